The molecule has 3 nitrogen and oxygen atoms in total. The van der Waals surface area contributed by atoms with Crippen LogP contribution in [0.5, 0.6) is 0 Å². The average Bonchev–Trinajstić information content (AvgIpc) is 2.44. The van der Waals surface area contributed by atoms with Gasteiger partial charge in [0.2, 0.25) is 5.91 Å². The summed E-state index contributed by atoms with van der Waals surface area (Å²) in [5.41, 5.74) is 7.46. The fourth-order valence-electron chi connectivity index (χ4n) is 2.08. The molecule has 0 fully saturated rings. The van der Waals surface area contributed by atoms with Crippen molar-refractivity contribution in [3.05, 3.63) is 70.7 Å². The van der Waals surface area contributed by atoms with Crippen molar-refractivity contribution in [2.45, 2.75) is 12.5 Å². The summed E-state index contributed by atoms with van der Waals surface area (Å²) in [6, 6.07) is 16.7. The van der Waals surface area contributed by atoms with E-state index in [1.54, 1.807) is 0 Å². The van der Waals surface area contributed by atoms with E-state index >= 15 is 0 Å². The van der Waals surface area contributed by atoms with Crippen molar-refractivity contribution in [2.75, 3.05) is 6.54 Å². The predicted octanol–water partition coefficient (Wildman–Crippen LogP) is 2.70. The monoisotopic (exact) mass is 288 g/mol. The molecule has 0 heterocycles. The van der Waals surface area contributed by atoms with Gasteiger partial charge in [0.25, 0.3) is 0 Å². The Kier molecular flexibility index (Phi) is 5.16. The van der Waals surface area contributed by atoms with Gasteiger partial charge in [-0.2, -0.15) is 0 Å². The van der Waals surface area contributed by atoms with Crippen LogP contribution in [0.15, 0.2) is 54.6 Å². The zero-order chi connectivity index (χ0) is 14.4. The summed E-state index contributed by atoms with van der Waals surface area (Å²) < 4.78 is 0. The van der Waals surface area contributed by atoms with Gasteiger partial charge < -0.3 is 11.1 Å². The average molecular weight is 289 g/mol. The van der Waals surface area contributed by atoms with Crippen LogP contribution >= 0.6 is 11.6 Å². The van der Waals surface area contributed by atoms with Crippen molar-refractivity contribution in [3.8, 4) is 0 Å². The summed E-state index contributed by atoms with van der Waals surface area (Å²) in [4.78, 5) is 11.5. The second kappa shape index (κ2) is 7.08. The van der Waals surface area contributed by atoms with Gasteiger partial charge in [-0.3, -0.25) is 4.79 Å². The number of rotatable bonds is 6. The van der Waals surface area contributed by atoms with E-state index < -0.39 is 6.04 Å². The third kappa shape index (κ3) is 4.08. The molecule has 2 aromatic rings. The van der Waals surface area contributed by atoms with E-state index in [1.165, 1.54) is 0 Å². The maximum Gasteiger partial charge on any atom is 0.239 e. The van der Waals surface area contributed by atoms with E-state index in [1.807, 2.05) is 54.6 Å². The highest BCUT2D eigenvalue weighted by atomic mass is 35.5. The summed E-state index contributed by atoms with van der Waals surface area (Å²) in [5.74, 6) is -0.373. The minimum Gasteiger partial charge on any atom is -0.368 e. The van der Waals surface area contributed by atoms with Crippen LogP contribution in [0, 0.1) is 0 Å². The lowest BCUT2D eigenvalue weighted by Crippen LogP contribution is -2.34. The summed E-state index contributed by atoms with van der Waals surface area (Å²) in [6.45, 7) is 0.656. The van der Waals surface area contributed by atoms with Gasteiger partial charge in [-0.05, 0) is 29.7 Å². The maximum absolute atomic E-state index is 11.5. The molecule has 1 atom stereocenters. The molecule has 0 bridgehead atoms. The number of primary amides is 1. The van der Waals surface area contributed by atoms with Crippen molar-refractivity contribution in [1.29, 1.82) is 0 Å². The second-order valence-electron chi connectivity index (χ2n) is 4.58. The molecule has 2 rings (SSSR count). The highest BCUT2D eigenvalue weighted by Crippen LogP contribution is 2.13. The molecule has 0 aliphatic carbocycles. The van der Waals surface area contributed by atoms with Crippen molar-refractivity contribution in [1.82, 2.24) is 5.32 Å². The minimum absolute atomic E-state index is 0.373. The third-order valence-corrected chi connectivity index (χ3v) is 3.30. The molecular formula is C16H17ClN2O. The standard InChI is InChI=1S/C16H17ClN2O/c17-14-8-4-5-12(11-14)9-10-19-15(16(18)20)13-6-2-1-3-7-13/h1-8,11,15,19H,9-10H2,(H2,18,20). The molecule has 0 aliphatic heterocycles. The van der Waals surface area contributed by atoms with Crippen LogP contribution in [-0.4, -0.2) is 12.5 Å². The molecule has 4 heteroatoms. The molecule has 0 radical (unpaired) electrons. The Bertz CT molecular complexity index is 572. The first kappa shape index (κ1) is 14.6. The van der Waals surface area contributed by atoms with Crippen LogP contribution in [0.3, 0.4) is 0 Å². The van der Waals surface area contributed by atoms with Crippen molar-refractivity contribution >= 4 is 17.5 Å². The molecule has 0 saturated carbocycles. The van der Waals surface area contributed by atoms with Gasteiger partial charge in [-0.1, -0.05) is 54.1 Å². The van der Waals surface area contributed by atoms with Gasteiger partial charge in [0.15, 0.2) is 0 Å². The van der Waals surface area contributed by atoms with Crippen molar-refractivity contribution in [2.24, 2.45) is 5.73 Å². The number of halogens is 1. The number of amides is 1. The van der Waals surface area contributed by atoms with E-state index in [4.69, 9.17) is 17.3 Å². The van der Waals surface area contributed by atoms with E-state index in [-0.39, 0.29) is 5.91 Å². The van der Waals surface area contributed by atoms with Gasteiger partial charge in [0.1, 0.15) is 6.04 Å². The molecule has 0 aliphatic rings. The van der Waals surface area contributed by atoms with Crippen molar-refractivity contribution in [3.63, 3.8) is 0 Å². The third-order valence-electron chi connectivity index (χ3n) is 3.07. The molecule has 0 aromatic heterocycles. The Hall–Kier alpha value is -1.84. The molecule has 0 spiro atoms. The first-order valence-electron chi connectivity index (χ1n) is 6.49. The zero-order valence-electron chi connectivity index (χ0n) is 11.1. The lowest BCUT2D eigenvalue weighted by Gasteiger charge is -2.15. The zero-order valence-corrected chi connectivity index (χ0v) is 11.8. The topological polar surface area (TPSA) is 55.1 Å². The van der Waals surface area contributed by atoms with Crippen LogP contribution < -0.4 is 11.1 Å². The van der Waals surface area contributed by atoms with E-state index in [0.717, 1.165) is 22.6 Å². The number of nitrogens with two attached hydrogens (primary N) is 1. The van der Waals surface area contributed by atoms with Gasteiger partial charge in [-0.15, -0.1) is 0 Å². The van der Waals surface area contributed by atoms with Crippen LogP contribution in [0.1, 0.15) is 17.2 Å². The quantitative estimate of drug-likeness (QED) is 0.859. The Morgan fingerprint density at radius 1 is 1.15 bits per heavy atom. The Labute approximate surface area is 123 Å². The first-order chi connectivity index (χ1) is 9.66. The highest BCUT2D eigenvalue weighted by Gasteiger charge is 2.16. The number of nitrogens with one attached hydrogen (secondary N) is 1. The van der Waals surface area contributed by atoms with Gasteiger partial charge in [0, 0.05) is 11.6 Å². The first-order valence-corrected chi connectivity index (χ1v) is 6.86. The molecule has 1 unspecified atom stereocenters. The Balaban J connectivity index is 1.95. The minimum atomic E-state index is -0.463. The Morgan fingerprint density at radius 2 is 1.90 bits per heavy atom. The lowest BCUT2D eigenvalue weighted by atomic mass is 10.1. The molecular weight excluding hydrogens is 272 g/mol. The maximum atomic E-state index is 11.5. The van der Waals surface area contributed by atoms with Crippen LogP contribution in [0.2, 0.25) is 5.02 Å². The fourth-order valence-corrected chi connectivity index (χ4v) is 2.29. The second-order valence-corrected chi connectivity index (χ2v) is 5.02. The lowest BCUT2D eigenvalue weighted by molar-refractivity contribution is -0.120. The number of hydrogen-bond donors (Lipinski definition) is 2. The molecule has 0 saturated heterocycles. The number of hydrogen-bond acceptors (Lipinski definition) is 2. The number of carbonyl (C=O) groups is 1. The van der Waals surface area contributed by atoms with Crippen molar-refractivity contribution < 1.29 is 4.79 Å². The van der Waals surface area contributed by atoms with Gasteiger partial charge in [-0.25, -0.2) is 0 Å². The molecule has 20 heavy (non-hydrogen) atoms. The molecule has 3 N–H and O–H groups in total. The fraction of sp³-hybridized carbons (Fsp3) is 0.188. The summed E-state index contributed by atoms with van der Waals surface area (Å²) >= 11 is 5.94. The summed E-state index contributed by atoms with van der Waals surface area (Å²) in [6.07, 6.45) is 0.789. The Morgan fingerprint density at radius 3 is 2.55 bits per heavy atom. The van der Waals surface area contributed by atoms with E-state index in [2.05, 4.69) is 5.32 Å². The van der Waals surface area contributed by atoms with E-state index in [9.17, 15) is 4.79 Å². The molecule has 2 aromatic carbocycles. The molecule has 1 amide bonds. The SMILES string of the molecule is NC(=O)C(NCCc1cccc(Cl)c1)c1ccccc1. The molecule has 104 valence electrons. The highest BCUT2D eigenvalue weighted by molar-refractivity contribution is 6.30. The van der Waals surface area contributed by atoms with Crippen LogP contribution in [-0.2, 0) is 11.2 Å². The van der Waals surface area contributed by atoms with Gasteiger partial charge in [0.05, 0.1) is 0 Å². The largest absolute Gasteiger partial charge is 0.368 e. The van der Waals surface area contributed by atoms with Gasteiger partial charge >= 0.3 is 0 Å². The number of carbonyl (C=O) groups excluding carboxylic acids is 1. The normalized spacial score (nSPS) is 12.1. The van der Waals surface area contributed by atoms with Crippen LogP contribution in [0.4, 0.5) is 0 Å². The number of benzene rings is 2. The smallest absolute Gasteiger partial charge is 0.239 e. The summed E-state index contributed by atoms with van der Waals surface area (Å²) in [7, 11) is 0. The van der Waals surface area contributed by atoms with Crippen LogP contribution in [0.25, 0.3) is 0 Å². The van der Waals surface area contributed by atoms with E-state index in [0.29, 0.717) is 6.54 Å². The predicted molar refractivity (Wildman–Crippen MR) is 81.5 cm³/mol. The summed E-state index contributed by atoms with van der Waals surface area (Å²) in [5, 5.41) is 3.91.